The maximum atomic E-state index is 13.6. The van der Waals surface area contributed by atoms with E-state index in [1.54, 1.807) is 21.3 Å². The molecule has 16 heteroatoms. The van der Waals surface area contributed by atoms with E-state index in [0.717, 1.165) is 45.5 Å². The molecule has 4 heterocycles. The van der Waals surface area contributed by atoms with Crippen molar-refractivity contribution in [3.05, 3.63) is 159 Å². The van der Waals surface area contributed by atoms with Crippen molar-refractivity contribution in [2.45, 2.75) is 60.0 Å². The fourth-order valence-electron chi connectivity index (χ4n) is 8.33. The lowest BCUT2D eigenvalue weighted by atomic mass is 9.80. The SMILES string of the molecule is COCCO[C@@H]1[C@H](O[P@@]2O[C@H](C[S+]([O-])c3ccccc3)[C@@H]3CCCN32)[C@@H](COC(c2ccccc2)(c2ccc(OC)cc2)c2ccc(OC)cc2)O[C@H]1n1c(=O)cc[nH]c1=O. The monoisotopic (exact) mass is 871 g/mol. The minimum Gasteiger partial charge on any atom is -0.611 e. The molecule has 1 N–H and O–H groups in total. The Bertz CT molecular complexity index is 2210. The molecule has 0 saturated carbocycles. The molecular weight excluding hydrogens is 822 g/mol. The van der Waals surface area contributed by atoms with Gasteiger partial charge in [0.2, 0.25) is 0 Å². The lowest BCUT2D eigenvalue weighted by molar-refractivity contribution is -0.0999. The summed E-state index contributed by atoms with van der Waals surface area (Å²) in [6, 6.07) is 35.9. The van der Waals surface area contributed by atoms with Gasteiger partial charge >= 0.3 is 5.69 Å². The normalized spacial score (nSPS) is 24.4. The second kappa shape index (κ2) is 19.8. The third-order valence-corrected chi connectivity index (χ3v) is 14.6. The standard InChI is InChI=1S/C45H50N3O11PS/c1-52-27-28-55-42-41(59-60-47-26-10-15-37(47)39(58-60)30-61(51)36-13-8-5-9-14-36)38(57-43(42)48-40(49)24-25-46-44(48)50)29-56-45(31-11-6-4-7-12-31,32-16-20-34(53-2)21-17-32)33-18-22-35(54-3)23-19-33/h4-9,11-14,16-25,37-39,41-43H,10,15,26-30H2,1-3H3,(H,46,50)/t37-,38+,39+,41+,42+,43+,60+,61?/m0/s1. The summed E-state index contributed by atoms with van der Waals surface area (Å²) in [5, 5.41) is 0. The van der Waals surface area contributed by atoms with Gasteiger partial charge in [0, 0.05) is 32.0 Å². The minimum atomic E-state index is -1.74. The van der Waals surface area contributed by atoms with Crippen molar-refractivity contribution >= 4 is 19.7 Å². The predicted molar refractivity (Wildman–Crippen MR) is 229 cm³/mol. The first-order valence-electron chi connectivity index (χ1n) is 20.2. The Labute approximate surface area is 358 Å². The van der Waals surface area contributed by atoms with Gasteiger partial charge in [0.15, 0.2) is 11.1 Å². The third-order valence-electron chi connectivity index (χ3n) is 11.3. The molecule has 0 aliphatic carbocycles. The molecule has 0 radical (unpaired) electrons. The quantitative estimate of drug-likeness (QED) is 0.0492. The highest BCUT2D eigenvalue weighted by Gasteiger charge is 2.55. The molecule has 8 atom stereocenters. The van der Waals surface area contributed by atoms with Crippen LogP contribution < -0.4 is 20.7 Å². The van der Waals surface area contributed by atoms with Crippen molar-refractivity contribution in [2.75, 3.05) is 53.4 Å². The molecule has 0 amide bonds. The molecule has 8 rings (SSSR count). The summed E-state index contributed by atoms with van der Waals surface area (Å²) in [5.41, 5.74) is -0.0229. The molecule has 3 aliphatic heterocycles. The number of fused-ring (bicyclic) bond motifs is 1. The summed E-state index contributed by atoms with van der Waals surface area (Å²) in [4.78, 5) is 30.3. The smallest absolute Gasteiger partial charge is 0.330 e. The molecule has 3 fully saturated rings. The highest BCUT2D eigenvalue weighted by Crippen LogP contribution is 2.58. The number of H-pyrrole nitrogens is 1. The predicted octanol–water partition coefficient (Wildman–Crippen LogP) is 5.77. The largest absolute Gasteiger partial charge is 0.611 e. The first kappa shape index (κ1) is 43.3. The van der Waals surface area contributed by atoms with Crippen LogP contribution in [0, 0.1) is 0 Å². The average molecular weight is 872 g/mol. The van der Waals surface area contributed by atoms with Crippen LogP contribution in [0.25, 0.3) is 0 Å². The van der Waals surface area contributed by atoms with Crippen LogP contribution in [0.3, 0.4) is 0 Å². The van der Waals surface area contributed by atoms with Crippen LogP contribution in [0.1, 0.15) is 35.8 Å². The molecule has 14 nitrogen and oxygen atoms in total. The van der Waals surface area contributed by atoms with Gasteiger partial charge in [-0.15, -0.1) is 0 Å². The Morgan fingerprint density at radius 3 is 2.07 bits per heavy atom. The van der Waals surface area contributed by atoms with Gasteiger partial charge in [-0.1, -0.05) is 72.8 Å². The molecule has 61 heavy (non-hydrogen) atoms. The van der Waals surface area contributed by atoms with E-state index < -0.39 is 61.1 Å². The average Bonchev–Trinajstić information content (AvgIpc) is 4.00. The fourth-order valence-corrected chi connectivity index (χ4v) is 11.7. The Morgan fingerprint density at radius 2 is 1.44 bits per heavy atom. The molecule has 3 saturated heterocycles. The highest BCUT2D eigenvalue weighted by atomic mass is 32.2. The van der Waals surface area contributed by atoms with Gasteiger partial charge in [-0.05, 0) is 77.1 Å². The van der Waals surface area contributed by atoms with Crippen molar-refractivity contribution in [2.24, 2.45) is 0 Å². The summed E-state index contributed by atoms with van der Waals surface area (Å²) in [6.07, 6.45) is -1.30. The lowest BCUT2D eigenvalue weighted by Crippen LogP contribution is -2.44. The van der Waals surface area contributed by atoms with Gasteiger partial charge in [-0.25, -0.2) is 14.0 Å². The van der Waals surface area contributed by atoms with E-state index in [2.05, 4.69) is 9.65 Å². The maximum Gasteiger partial charge on any atom is 0.330 e. The van der Waals surface area contributed by atoms with Gasteiger partial charge in [0.05, 0.1) is 34.0 Å². The number of hydrogen-bond acceptors (Lipinski definition) is 12. The van der Waals surface area contributed by atoms with Crippen LogP contribution in [0.2, 0.25) is 0 Å². The summed E-state index contributed by atoms with van der Waals surface area (Å²) in [5.74, 6) is 1.65. The number of nitrogens with zero attached hydrogens (tertiary/aromatic N) is 2. The van der Waals surface area contributed by atoms with Gasteiger partial charge in [-0.2, -0.15) is 0 Å². The Hall–Kier alpha value is -4.38. The topological polar surface area (TPSA) is 155 Å². The molecule has 4 aromatic carbocycles. The number of ether oxygens (including phenoxy) is 6. The van der Waals surface area contributed by atoms with Crippen molar-refractivity contribution in [1.82, 2.24) is 14.2 Å². The van der Waals surface area contributed by atoms with E-state index in [-0.39, 0.29) is 32.0 Å². The van der Waals surface area contributed by atoms with Crippen LogP contribution >= 0.6 is 8.53 Å². The van der Waals surface area contributed by atoms with Crippen molar-refractivity contribution < 1.29 is 42.0 Å². The summed E-state index contributed by atoms with van der Waals surface area (Å²) in [6.45, 7) is 0.979. The van der Waals surface area contributed by atoms with Gasteiger partial charge in [0.1, 0.15) is 47.3 Å². The van der Waals surface area contributed by atoms with E-state index in [9.17, 15) is 14.1 Å². The minimum absolute atomic E-state index is 0.00471. The molecule has 322 valence electrons. The zero-order valence-corrected chi connectivity index (χ0v) is 35.9. The highest BCUT2D eigenvalue weighted by molar-refractivity contribution is 7.91. The number of nitrogens with one attached hydrogen (secondary N) is 1. The fraction of sp³-hybridized carbons (Fsp3) is 0.378. The van der Waals surface area contributed by atoms with E-state index in [1.165, 1.54) is 12.3 Å². The maximum absolute atomic E-state index is 13.6. The van der Waals surface area contributed by atoms with E-state index in [0.29, 0.717) is 17.3 Å². The zero-order chi connectivity index (χ0) is 42.3. The Morgan fingerprint density at radius 1 is 0.803 bits per heavy atom. The number of methoxy groups -OCH3 is 3. The van der Waals surface area contributed by atoms with Crippen LogP contribution in [-0.2, 0) is 44.8 Å². The molecule has 5 aromatic rings. The molecule has 1 unspecified atom stereocenters. The van der Waals surface area contributed by atoms with Crippen molar-refractivity contribution in [3.63, 3.8) is 0 Å². The van der Waals surface area contributed by atoms with Crippen LogP contribution in [-0.4, -0.2) is 103 Å². The number of aromatic amines is 1. The van der Waals surface area contributed by atoms with E-state index in [1.807, 2.05) is 109 Å². The summed E-state index contributed by atoms with van der Waals surface area (Å²) < 4.78 is 67.7. The Kier molecular flexibility index (Phi) is 14.0. The van der Waals surface area contributed by atoms with Gasteiger partial charge in [-0.3, -0.25) is 4.79 Å². The number of rotatable bonds is 18. The molecule has 1 aromatic heterocycles. The number of aromatic nitrogens is 2. The zero-order valence-electron chi connectivity index (χ0n) is 34.2. The second-order valence-corrected chi connectivity index (χ2v) is 17.8. The number of benzene rings is 4. The lowest BCUT2D eigenvalue weighted by Gasteiger charge is -2.37. The first-order valence-corrected chi connectivity index (χ1v) is 22.7. The molecule has 3 aliphatic rings. The van der Waals surface area contributed by atoms with E-state index >= 15 is 0 Å². The molecule has 0 bridgehead atoms. The van der Waals surface area contributed by atoms with Gasteiger partial charge in [0.25, 0.3) is 14.1 Å². The number of hydrogen-bond donors (Lipinski definition) is 1. The third kappa shape index (κ3) is 9.09. The van der Waals surface area contributed by atoms with Crippen molar-refractivity contribution in [1.29, 1.82) is 0 Å². The molecular formula is C45H50N3O11PS. The van der Waals surface area contributed by atoms with Crippen LogP contribution in [0.4, 0.5) is 0 Å². The first-order chi connectivity index (χ1) is 29.8. The van der Waals surface area contributed by atoms with Crippen molar-refractivity contribution in [3.8, 4) is 11.5 Å². The Balaban J connectivity index is 1.19. The van der Waals surface area contributed by atoms with Crippen LogP contribution in [0.5, 0.6) is 11.5 Å². The second-order valence-electron chi connectivity index (χ2n) is 14.8. The van der Waals surface area contributed by atoms with Crippen LogP contribution in [0.15, 0.2) is 136 Å². The molecule has 0 spiro atoms. The van der Waals surface area contributed by atoms with E-state index in [4.69, 9.17) is 37.5 Å². The van der Waals surface area contributed by atoms with Gasteiger partial charge < -0.3 is 47.0 Å². The summed E-state index contributed by atoms with van der Waals surface area (Å²) in [7, 11) is 3.06. The summed E-state index contributed by atoms with van der Waals surface area (Å²) >= 11 is -1.30.